The highest BCUT2D eigenvalue weighted by atomic mass is 19.1. The number of benzene rings is 1. The van der Waals surface area contributed by atoms with Crippen molar-refractivity contribution in [3.63, 3.8) is 0 Å². The zero-order valence-corrected chi connectivity index (χ0v) is 11.9. The first kappa shape index (κ1) is 14.5. The van der Waals surface area contributed by atoms with Gasteiger partial charge in [0.05, 0.1) is 6.61 Å². The second-order valence-electron chi connectivity index (χ2n) is 4.62. The maximum Gasteiger partial charge on any atom is 0.127 e. The average molecular weight is 277 g/mol. The molecule has 0 atom stereocenters. The summed E-state index contributed by atoms with van der Waals surface area (Å²) in [5, 5.41) is 7.27. The van der Waals surface area contributed by atoms with Crippen molar-refractivity contribution < 1.29 is 9.13 Å². The summed E-state index contributed by atoms with van der Waals surface area (Å²) < 4.78 is 20.9. The molecule has 1 N–H and O–H groups in total. The van der Waals surface area contributed by atoms with Crippen molar-refractivity contribution in [1.82, 2.24) is 15.1 Å². The Morgan fingerprint density at radius 3 is 2.90 bits per heavy atom. The van der Waals surface area contributed by atoms with Gasteiger partial charge in [0, 0.05) is 38.0 Å². The molecular formula is C15H20FN3O. The molecule has 20 heavy (non-hydrogen) atoms. The lowest BCUT2D eigenvalue weighted by atomic mass is 10.2. The van der Waals surface area contributed by atoms with E-state index in [1.807, 2.05) is 30.8 Å². The van der Waals surface area contributed by atoms with E-state index in [-0.39, 0.29) is 5.82 Å². The lowest BCUT2D eigenvalue weighted by Crippen LogP contribution is -2.12. The Bertz CT molecular complexity index is 554. The molecule has 0 amide bonds. The summed E-state index contributed by atoms with van der Waals surface area (Å²) in [5.41, 5.74) is 1.98. The van der Waals surface area contributed by atoms with Gasteiger partial charge in [-0.1, -0.05) is 6.92 Å². The van der Waals surface area contributed by atoms with Crippen LogP contribution in [-0.4, -0.2) is 22.9 Å². The number of hydrogen-bond donors (Lipinski definition) is 1. The number of aromatic nitrogens is 2. The molecule has 0 fully saturated rings. The van der Waals surface area contributed by atoms with Gasteiger partial charge in [-0.25, -0.2) is 4.39 Å². The number of hydrogen-bond acceptors (Lipinski definition) is 3. The second-order valence-corrected chi connectivity index (χ2v) is 4.62. The number of nitrogens with one attached hydrogen (secondary N) is 1. The lowest BCUT2D eigenvalue weighted by molar-refractivity contribution is 0.316. The first-order valence-electron chi connectivity index (χ1n) is 6.79. The summed E-state index contributed by atoms with van der Waals surface area (Å²) in [6, 6.07) is 6.76. The molecule has 1 aromatic carbocycles. The zero-order valence-electron chi connectivity index (χ0n) is 11.9. The third kappa shape index (κ3) is 4.06. The van der Waals surface area contributed by atoms with Crippen molar-refractivity contribution in [2.75, 3.05) is 13.2 Å². The van der Waals surface area contributed by atoms with Crippen LogP contribution < -0.4 is 10.1 Å². The van der Waals surface area contributed by atoms with E-state index < -0.39 is 0 Å². The highest BCUT2D eigenvalue weighted by Crippen LogP contribution is 2.17. The topological polar surface area (TPSA) is 39.1 Å². The number of rotatable bonds is 7. The highest BCUT2D eigenvalue weighted by molar-refractivity contribution is 5.29. The maximum atomic E-state index is 13.5. The van der Waals surface area contributed by atoms with Crippen LogP contribution >= 0.6 is 0 Å². The van der Waals surface area contributed by atoms with Crippen molar-refractivity contribution in [2.24, 2.45) is 7.05 Å². The van der Waals surface area contributed by atoms with Crippen molar-refractivity contribution >= 4 is 0 Å². The van der Waals surface area contributed by atoms with Gasteiger partial charge in [0.15, 0.2) is 0 Å². The molecule has 0 radical (unpaired) electrons. The van der Waals surface area contributed by atoms with Gasteiger partial charge in [-0.3, -0.25) is 4.68 Å². The van der Waals surface area contributed by atoms with Crippen LogP contribution in [0.25, 0.3) is 0 Å². The van der Waals surface area contributed by atoms with Gasteiger partial charge < -0.3 is 10.1 Å². The fraction of sp³-hybridized carbons (Fsp3) is 0.400. The van der Waals surface area contributed by atoms with Crippen LogP contribution in [0.15, 0.2) is 30.5 Å². The molecule has 0 saturated heterocycles. The summed E-state index contributed by atoms with van der Waals surface area (Å²) in [7, 11) is 1.89. The summed E-state index contributed by atoms with van der Waals surface area (Å²) in [5.74, 6) is 0.302. The average Bonchev–Trinajstić information content (AvgIpc) is 2.82. The number of halogens is 1. The van der Waals surface area contributed by atoms with E-state index in [4.69, 9.17) is 4.74 Å². The number of nitrogens with zero attached hydrogens (tertiary/aromatic N) is 2. The van der Waals surface area contributed by atoms with Gasteiger partial charge in [-0.15, -0.1) is 0 Å². The predicted molar refractivity (Wildman–Crippen MR) is 76.2 cm³/mol. The third-order valence-electron chi connectivity index (χ3n) is 3.06. The minimum Gasteiger partial charge on any atom is -0.493 e. The Morgan fingerprint density at radius 2 is 2.20 bits per heavy atom. The van der Waals surface area contributed by atoms with Crippen LogP contribution in [-0.2, 0) is 20.0 Å². The van der Waals surface area contributed by atoms with Crippen LogP contribution in [0.2, 0.25) is 0 Å². The Labute approximate surface area is 118 Å². The molecule has 108 valence electrons. The molecule has 0 bridgehead atoms. The van der Waals surface area contributed by atoms with Gasteiger partial charge in [0.1, 0.15) is 11.6 Å². The summed E-state index contributed by atoms with van der Waals surface area (Å²) in [4.78, 5) is 0. The molecule has 1 aromatic heterocycles. The third-order valence-corrected chi connectivity index (χ3v) is 3.06. The van der Waals surface area contributed by atoms with E-state index in [0.29, 0.717) is 18.9 Å². The van der Waals surface area contributed by atoms with E-state index in [9.17, 15) is 4.39 Å². The summed E-state index contributed by atoms with van der Waals surface area (Å²) >= 11 is 0. The van der Waals surface area contributed by atoms with Gasteiger partial charge in [0.2, 0.25) is 0 Å². The van der Waals surface area contributed by atoms with E-state index >= 15 is 0 Å². The van der Waals surface area contributed by atoms with E-state index in [1.165, 1.54) is 12.1 Å². The van der Waals surface area contributed by atoms with E-state index in [1.54, 1.807) is 6.20 Å². The normalized spacial score (nSPS) is 10.8. The quantitative estimate of drug-likeness (QED) is 0.844. The molecule has 5 heteroatoms. The fourth-order valence-corrected chi connectivity index (χ4v) is 2.00. The van der Waals surface area contributed by atoms with Crippen molar-refractivity contribution in [3.8, 4) is 5.75 Å². The highest BCUT2D eigenvalue weighted by Gasteiger charge is 2.03. The minimum absolute atomic E-state index is 0.268. The number of ether oxygens (including phenoxy) is 1. The molecule has 0 saturated carbocycles. The molecule has 4 nitrogen and oxygen atoms in total. The molecule has 1 heterocycles. The largest absolute Gasteiger partial charge is 0.493 e. The van der Waals surface area contributed by atoms with Gasteiger partial charge in [0.25, 0.3) is 0 Å². The van der Waals surface area contributed by atoms with Crippen LogP contribution in [0.5, 0.6) is 5.75 Å². The molecule has 0 aliphatic carbocycles. The summed E-state index contributed by atoms with van der Waals surface area (Å²) in [6.45, 7) is 4.02. The molecule has 0 aliphatic heterocycles. The van der Waals surface area contributed by atoms with Crippen molar-refractivity contribution in [2.45, 2.75) is 19.9 Å². The first-order chi connectivity index (χ1) is 9.69. The molecular weight excluding hydrogens is 257 g/mol. The Balaban J connectivity index is 1.91. The van der Waals surface area contributed by atoms with Crippen LogP contribution in [0.4, 0.5) is 4.39 Å². The standard InChI is InChI=1S/C15H20FN3O/c1-3-17-11-12-8-13(16)10-15(9-12)20-7-5-14-4-6-18-19(14)2/h4,6,8-10,17H,3,5,7,11H2,1-2H3. The molecule has 0 unspecified atom stereocenters. The Morgan fingerprint density at radius 1 is 1.35 bits per heavy atom. The minimum atomic E-state index is -0.268. The first-order valence-corrected chi connectivity index (χ1v) is 6.79. The molecule has 2 aromatic rings. The van der Waals surface area contributed by atoms with Gasteiger partial charge in [-0.2, -0.15) is 5.10 Å². The molecule has 0 aliphatic rings. The second kappa shape index (κ2) is 7.05. The molecule has 0 spiro atoms. The van der Waals surface area contributed by atoms with Crippen molar-refractivity contribution in [3.05, 3.63) is 47.5 Å². The maximum absolute atomic E-state index is 13.5. The lowest BCUT2D eigenvalue weighted by Gasteiger charge is -2.09. The number of aryl methyl sites for hydroxylation is 1. The monoisotopic (exact) mass is 277 g/mol. The smallest absolute Gasteiger partial charge is 0.127 e. The SMILES string of the molecule is CCNCc1cc(F)cc(OCCc2ccnn2C)c1. The zero-order chi connectivity index (χ0) is 14.4. The van der Waals surface area contributed by atoms with Crippen LogP contribution in [0.1, 0.15) is 18.2 Å². The van der Waals surface area contributed by atoms with Crippen LogP contribution in [0, 0.1) is 5.82 Å². The fourth-order valence-electron chi connectivity index (χ4n) is 2.00. The van der Waals surface area contributed by atoms with E-state index in [0.717, 1.165) is 24.2 Å². The molecule has 2 rings (SSSR count). The predicted octanol–water partition coefficient (Wildman–Crippen LogP) is 2.29. The Hall–Kier alpha value is -1.88. The van der Waals surface area contributed by atoms with Gasteiger partial charge in [-0.05, 0) is 30.3 Å². The van der Waals surface area contributed by atoms with E-state index in [2.05, 4.69) is 10.4 Å². The van der Waals surface area contributed by atoms with Gasteiger partial charge >= 0.3 is 0 Å². The summed E-state index contributed by atoms with van der Waals surface area (Å²) in [6.07, 6.45) is 2.50. The van der Waals surface area contributed by atoms with Crippen LogP contribution in [0.3, 0.4) is 0 Å². The van der Waals surface area contributed by atoms with Crippen molar-refractivity contribution in [1.29, 1.82) is 0 Å². The Kier molecular flexibility index (Phi) is 5.12.